The second kappa shape index (κ2) is 7.11. The van der Waals surface area contributed by atoms with E-state index in [1.54, 1.807) is 31.2 Å². The lowest BCUT2D eigenvalue weighted by Crippen LogP contribution is -2.29. The van der Waals surface area contributed by atoms with Crippen molar-refractivity contribution in [1.29, 1.82) is 5.26 Å². The second-order valence-corrected chi connectivity index (χ2v) is 5.96. The minimum Gasteiger partial charge on any atom is -0.309 e. The Labute approximate surface area is 150 Å². The molecule has 1 aromatic carbocycles. The summed E-state index contributed by atoms with van der Waals surface area (Å²) in [4.78, 5) is 33.8. The summed E-state index contributed by atoms with van der Waals surface area (Å²) >= 11 is 0. The lowest BCUT2D eigenvalue weighted by Gasteiger charge is -2.12. The van der Waals surface area contributed by atoms with E-state index in [0.717, 1.165) is 5.56 Å². The number of carbonyl (C=O) groups is 2. The topological polar surface area (TPSA) is 95.7 Å². The number of hydrogen-bond donors (Lipinski definition) is 1. The molecule has 0 spiro atoms. The highest BCUT2D eigenvalue weighted by Crippen LogP contribution is 2.23. The first kappa shape index (κ1) is 17.2. The summed E-state index contributed by atoms with van der Waals surface area (Å²) < 4.78 is 0. The highest BCUT2D eigenvalue weighted by atomic mass is 16.2. The van der Waals surface area contributed by atoms with Crippen LogP contribution in [0.2, 0.25) is 0 Å². The van der Waals surface area contributed by atoms with Gasteiger partial charge in [0.1, 0.15) is 5.82 Å². The Morgan fingerprint density at radius 1 is 1.15 bits per heavy atom. The average Bonchev–Trinajstić information content (AvgIpc) is 2.62. The number of nitriles is 1. The molecule has 2 heterocycles. The van der Waals surface area contributed by atoms with Crippen LogP contribution in [-0.4, -0.2) is 21.7 Å². The third kappa shape index (κ3) is 3.42. The molecule has 0 aliphatic carbocycles. The van der Waals surface area contributed by atoms with E-state index in [9.17, 15) is 14.9 Å². The van der Waals surface area contributed by atoms with Crippen LogP contribution in [0.1, 0.15) is 21.6 Å². The summed E-state index contributed by atoms with van der Waals surface area (Å²) in [6.07, 6.45) is 1.52. The van der Waals surface area contributed by atoms with Gasteiger partial charge in [0, 0.05) is 22.8 Å². The van der Waals surface area contributed by atoms with Gasteiger partial charge < -0.3 is 5.32 Å². The van der Waals surface area contributed by atoms with Gasteiger partial charge in [0.25, 0.3) is 5.91 Å². The van der Waals surface area contributed by atoms with Gasteiger partial charge in [-0.2, -0.15) is 5.26 Å². The quantitative estimate of drug-likeness (QED) is 0.579. The zero-order valence-corrected chi connectivity index (χ0v) is 14.4. The third-order valence-corrected chi connectivity index (χ3v) is 3.93. The predicted molar refractivity (Wildman–Crippen MR) is 97.5 cm³/mol. The molecule has 26 heavy (non-hydrogen) atoms. The molecule has 1 N–H and O–H groups in total. The highest BCUT2D eigenvalue weighted by Gasteiger charge is 2.29. The zero-order chi connectivity index (χ0) is 18.7. The van der Waals surface area contributed by atoms with Crippen molar-refractivity contribution in [2.24, 2.45) is 5.92 Å². The number of ketones is 1. The van der Waals surface area contributed by atoms with Crippen molar-refractivity contribution >= 4 is 28.4 Å². The van der Waals surface area contributed by atoms with Crippen LogP contribution in [0.3, 0.4) is 0 Å². The van der Waals surface area contributed by atoms with E-state index >= 15 is 0 Å². The van der Waals surface area contributed by atoms with Crippen molar-refractivity contribution < 1.29 is 9.59 Å². The Kier molecular flexibility index (Phi) is 4.72. The summed E-state index contributed by atoms with van der Waals surface area (Å²) in [5.41, 5.74) is 2.58. The summed E-state index contributed by atoms with van der Waals surface area (Å²) in [6.45, 7) is 3.68. The number of aryl methyl sites for hydroxylation is 2. The lowest BCUT2D eigenvalue weighted by molar-refractivity contribution is -0.117. The molecule has 0 unspecified atom stereocenters. The molecule has 0 radical (unpaired) electrons. The van der Waals surface area contributed by atoms with Crippen LogP contribution in [0.15, 0.2) is 48.7 Å². The largest absolute Gasteiger partial charge is 0.309 e. The number of nitrogens with one attached hydrogen (secondary N) is 1. The molecule has 6 heteroatoms. The lowest BCUT2D eigenvalue weighted by atomic mass is 9.94. The first-order chi connectivity index (χ1) is 12.5. The van der Waals surface area contributed by atoms with E-state index in [1.165, 1.54) is 6.20 Å². The minimum atomic E-state index is -1.47. The summed E-state index contributed by atoms with van der Waals surface area (Å²) in [5, 5.41) is 12.6. The molecule has 6 nitrogen and oxygen atoms in total. The van der Waals surface area contributed by atoms with Gasteiger partial charge in [-0.25, -0.2) is 4.98 Å². The van der Waals surface area contributed by atoms with Crippen LogP contribution < -0.4 is 5.32 Å². The normalized spacial score (nSPS) is 11.6. The molecule has 1 atom stereocenters. The number of pyridine rings is 2. The summed E-state index contributed by atoms with van der Waals surface area (Å²) in [5.74, 6) is -2.44. The molecule has 1 amide bonds. The number of hydrogen-bond acceptors (Lipinski definition) is 5. The number of Topliss-reactive ketones (excluding diaryl/α,β-unsaturated/α-hetero) is 1. The smallest absolute Gasteiger partial charge is 0.250 e. The summed E-state index contributed by atoms with van der Waals surface area (Å²) in [6, 6.07) is 14.0. The van der Waals surface area contributed by atoms with Crippen molar-refractivity contribution in [2.45, 2.75) is 13.8 Å². The Bertz CT molecular complexity index is 1040. The molecule has 0 aliphatic heterocycles. The molecular formula is C20H16N4O2. The first-order valence-electron chi connectivity index (χ1n) is 8.03. The number of aromatic nitrogens is 2. The van der Waals surface area contributed by atoms with Gasteiger partial charge in [-0.3, -0.25) is 14.6 Å². The maximum absolute atomic E-state index is 13.0. The highest BCUT2D eigenvalue weighted by molar-refractivity contribution is 6.19. The van der Waals surface area contributed by atoms with Crippen LogP contribution in [0, 0.1) is 31.1 Å². The molecule has 3 aromatic rings. The van der Waals surface area contributed by atoms with Gasteiger partial charge in [-0.1, -0.05) is 17.7 Å². The number of nitrogens with zero attached hydrogens (tertiary/aromatic N) is 3. The van der Waals surface area contributed by atoms with Crippen molar-refractivity contribution in [1.82, 2.24) is 9.97 Å². The van der Waals surface area contributed by atoms with E-state index in [2.05, 4.69) is 15.3 Å². The Balaban J connectivity index is 1.99. The van der Waals surface area contributed by atoms with Gasteiger partial charge in [0.15, 0.2) is 11.7 Å². The molecule has 0 bridgehead atoms. The fourth-order valence-electron chi connectivity index (χ4n) is 2.70. The molecule has 0 saturated heterocycles. The van der Waals surface area contributed by atoms with Crippen LogP contribution in [0.5, 0.6) is 0 Å². The Morgan fingerprint density at radius 2 is 1.96 bits per heavy atom. The fraction of sp³-hybridized carbons (Fsp3) is 0.150. The predicted octanol–water partition coefficient (Wildman–Crippen LogP) is 3.21. The van der Waals surface area contributed by atoms with Crippen molar-refractivity contribution in [2.75, 3.05) is 5.32 Å². The van der Waals surface area contributed by atoms with Crippen molar-refractivity contribution in [3.05, 3.63) is 65.5 Å². The van der Waals surface area contributed by atoms with Crippen LogP contribution in [0.25, 0.3) is 10.9 Å². The third-order valence-electron chi connectivity index (χ3n) is 3.93. The van der Waals surface area contributed by atoms with Crippen LogP contribution >= 0.6 is 0 Å². The Morgan fingerprint density at radius 3 is 2.65 bits per heavy atom. The zero-order valence-electron chi connectivity index (χ0n) is 14.4. The SMILES string of the molecule is Cc1ccc2nc(C)cc(C(=O)[C@@H](C#N)C(=O)Nc3ccccn3)c2c1. The monoisotopic (exact) mass is 344 g/mol. The average molecular weight is 344 g/mol. The van der Waals surface area contributed by atoms with Gasteiger partial charge in [0.05, 0.1) is 11.6 Å². The Hall–Kier alpha value is -3.59. The van der Waals surface area contributed by atoms with E-state index in [4.69, 9.17) is 0 Å². The number of anilines is 1. The van der Waals surface area contributed by atoms with E-state index in [0.29, 0.717) is 22.2 Å². The maximum atomic E-state index is 13.0. The molecule has 128 valence electrons. The standard InChI is InChI=1S/C20H16N4O2/c1-12-6-7-17-14(9-12)15(10-13(2)23-17)19(25)16(11-21)20(26)24-18-5-3-4-8-22-18/h3-10,16H,1-2H3,(H,22,24,26)/t16-/m1/s1. The van der Waals surface area contributed by atoms with Gasteiger partial charge in [0.2, 0.25) is 0 Å². The van der Waals surface area contributed by atoms with Crippen molar-refractivity contribution in [3.8, 4) is 6.07 Å². The molecular weight excluding hydrogens is 328 g/mol. The van der Waals surface area contributed by atoms with Crippen LogP contribution in [0.4, 0.5) is 5.82 Å². The van der Waals surface area contributed by atoms with Crippen molar-refractivity contribution in [3.63, 3.8) is 0 Å². The van der Waals surface area contributed by atoms with E-state index < -0.39 is 17.6 Å². The van der Waals surface area contributed by atoms with E-state index in [1.807, 2.05) is 31.2 Å². The first-order valence-corrected chi connectivity index (χ1v) is 8.03. The van der Waals surface area contributed by atoms with Gasteiger partial charge in [-0.15, -0.1) is 0 Å². The molecule has 0 saturated carbocycles. The van der Waals surface area contributed by atoms with Gasteiger partial charge in [-0.05, 0) is 44.2 Å². The molecule has 3 rings (SSSR count). The number of rotatable bonds is 4. The number of benzene rings is 1. The van der Waals surface area contributed by atoms with Crippen LogP contribution in [-0.2, 0) is 4.79 Å². The summed E-state index contributed by atoms with van der Waals surface area (Å²) in [7, 11) is 0. The fourth-order valence-corrected chi connectivity index (χ4v) is 2.70. The molecule has 2 aromatic heterocycles. The minimum absolute atomic E-state index is 0.289. The van der Waals surface area contributed by atoms with E-state index in [-0.39, 0.29) is 5.82 Å². The number of fused-ring (bicyclic) bond motifs is 1. The molecule has 0 aliphatic rings. The number of carbonyl (C=O) groups excluding carboxylic acids is 2. The number of amides is 1. The maximum Gasteiger partial charge on any atom is 0.250 e. The second-order valence-electron chi connectivity index (χ2n) is 5.96. The molecule has 0 fully saturated rings. The van der Waals surface area contributed by atoms with Gasteiger partial charge >= 0.3 is 0 Å².